The van der Waals surface area contributed by atoms with E-state index in [1.54, 1.807) is 18.2 Å². The Bertz CT molecular complexity index is 1480. The fourth-order valence-corrected chi connectivity index (χ4v) is 4.77. The third-order valence-electron chi connectivity index (χ3n) is 6.69. The van der Waals surface area contributed by atoms with Crippen LogP contribution in [0.1, 0.15) is 59.2 Å². The van der Waals surface area contributed by atoms with E-state index in [9.17, 15) is 24.3 Å². The van der Waals surface area contributed by atoms with Gasteiger partial charge in [-0.2, -0.15) is 0 Å². The molecule has 6 nitrogen and oxygen atoms in total. The second-order valence-corrected chi connectivity index (χ2v) is 9.32. The summed E-state index contributed by atoms with van der Waals surface area (Å²) in [5.74, 6) is -1.38. The maximum absolute atomic E-state index is 13.4. The minimum absolute atomic E-state index is 0.0139. The Balaban J connectivity index is 1.71. The van der Waals surface area contributed by atoms with Crippen molar-refractivity contribution < 1.29 is 19.5 Å². The van der Waals surface area contributed by atoms with Crippen LogP contribution in [0.5, 0.6) is 5.75 Å². The summed E-state index contributed by atoms with van der Waals surface area (Å²) in [7, 11) is 1.53. The largest absolute Gasteiger partial charge is 0.506 e. The molecule has 0 bridgehead atoms. The van der Waals surface area contributed by atoms with Gasteiger partial charge >= 0.3 is 0 Å². The highest BCUT2D eigenvalue weighted by Crippen LogP contribution is 2.33. The quantitative estimate of drug-likeness (QED) is 0.308. The zero-order chi connectivity index (χ0) is 26.5. The lowest BCUT2D eigenvalue weighted by Crippen LogP contribution is -2.25. The zero-order valence-corrected chi connectivity index (χ0v) is 20.9. The summed E-state index contributed by atoms with van der Waals surface area (Å²) in [6.45, 7) is 1.37. The predicted octanol–water partition coefficient (Wildman–Crippen LogP) is 5.13. The van der Waals surface area contributed by atoms with Gasteiger partial charge < -0.3 is 14.5 Å². The number of aryl methyl sites for hydroxylation is 1. The van der Waals surface area contributed by atoms with E-state index in [2.05, 4.69) is 0 Å². The molecule has 1 aromatic heterocycles. The van der Waals surface area contributed by atoms with Crippen molar-refractivity contribution in [2.45, 2.75) is 38.5 Å². The molecule has 0 spiro atoms. The molecule has 0 fully saturated rings. The topological polar surface area (TPSA) is 93.4 Å². The normalized spacial score (nSPS) is 11.1. The fraction of sp³-hybridized carbons (Fsp3) is 0.226. The molecule has 0 saturated heterocycles. The van der Waals surface area contributed by atoms with E-state index in [0.29, 0.717) is 16.5 Å². The number of hydrogen-bond donors (Lipinski definition) is 1. The maximum Gasteiger partial charge on any atom is 0.265 e. The standard InChI is InChI=1S/C31H29NO5/c1-20(33)16-17-27(35)29-30(36)28-23(14-9-15-26(28)32(2)31(29)37)18-24(34)19-25(21-10-5-3-6-11-21)22-12-7-4-8-13-22/h3-15,25,36H,16-19H2,1-2H3. The molecular weight excluding hydrogens is 466 g/mol. The molecule has 0 aliphatic rings. The Kier molecular flexibility index (Phi) is 7.77. The van der Waals surface area contributed by atoms with E-state index in [0.717, 1.165) is 11.1 Å². The molecule has 0 aliphatic heterocycles. The Hall–Kier alpha value is -4.32. The highest BCUT2D eigenvalue weighted by molar-refractivity contribution is 6.05. The summed E-state index contributed by atoms with van der Waals surface area (Å²) >= 11 is 0. The van der Waals surface area contributed by atoms with Gasteiger partial charge in [0.05, 0.1) is 5.52 Å². The number of nitrogens with zero attached hydrogens (tertiary/aromatic N) is 1. The van der Waals surface area contributed by atoms with Gasteiger partial charge in [0.1, 0.15) is 22.9 Å². The molecule has 0 unspecified atom stereocenters. The van der Waals surface area contributed by atoms with Crippen molar-refractivity contribution in [2.24, 2.45) is 7.05 Å². The average Bonchev–Trinajstić information content (AvgIpc) is 2.90. The van der Waals surface area contributed by atoms with E-state index in [4.69, 9.17) is 0 Å². The van der Waals surface area contributed by atoms with Crippen LogP contribution < -0.4 is 5.56 Å². The third-order valence-corrected chi connectivity index (χ3v) is 6.69. The molecule has 0 saturated carbocycles. The van der Waals surface area contributed by atoms with Crippen molar-refractivity contribution in [1.82, 2.24) is 4.57 Å². The molecule has 1 N–H and O–H groups in total. The van der Waals surface area contributed by atoms with Crippen LogP contribution in [0.4, 0.5) is 0 Å². The van der Waals surface area contributed by atoms with Crippen LogP contribution in [0.15, 0.2) is 83.7 Å². The lowest BCUT2D eigenvalue weighted by Gasteiger charge is -2.18. The number of aromatic hydroxyl groups is 1. The first-order valence-corrected chi connectivity index (χ1v) is 12.3. The molecule has 0 radical (unpaired) electrons. The van der Waals surface area contributed by atoms with Gasteiger partial charge in [-0.05, 0) is 29.7 Å². The summed E-state index contributed by atoms with van der Waals surface area (Å²) in [6.07, 6.45) is 0.0994. The van der Waals surface area contributed by atoms with Crippen molar-refractivity contribution in [3.05, 3.63) is 111 Å². The highest BCUT2D eigenvalue weighted by Gasteiger charge is 2.24. The number of carbonyl (C=O) groups is 3. The van der Waals surface area contributed by atoms with Gasteiger partial charge in [0.15, 0.2) is 5.78 Å². The lowest BCUT2D eigenvalue weighted by molar-refractivity contribution is -0.119. The van der Waals surface area contributed by atoms with Crippen molar-refractivity contribution >= 4 is 28.3 Å². The second kappa shape index (κ2) is 11.2. The number of rotatable bonds is 10. The van der Waals surface area contributed by atoms with Crippen LogP contribution >= 0.6 is 0 Å². The molecule has 37 heavy (non-hydrogen) atoms. The molecule has 6 heteroatoms. The lowest BCUT2D eigenvalue weighted by atomic mass is 9.85. The van der Waals surface area contributed by atoms with Crippen LogP contribution in [-0.2, 0) is 23.1 Å². The van der Waals surface area contributed by atoms with Gasteiger partial charge in [-0.25, -0.2) is 0 Å². The summed E-state index contributed by atoms with van der Waals surface area (Å²) in [5.41, 5.74) is 2.06. The van der Waals surface area contributed by atoms with E-state index in [-0.39, 0.29) is 48.7 Å². The molecule has 188 valence electrons. The number of ketones is 3. The third kappa shape index (κ3) is 5.59. The van der Waals surface area contributed by atoms with Crippen molar-refractivity contribution in [2.75, 3.05) is 0 Å². The second-order valence-electron chi connectivity index (χ2n) is 9.32. The first-order valence-electron chi connectivity index (χ1n) is 12.3. The monoisotopic (exact) mass is 495 g/mol. The summed E-state index contributed by atoms with van der Waals surface area (Å²) in [6, 6.07) is 24.8. The summed E-state index contributed by atoms with van der Waals surface area (Å²) in [5, 5.41) is 11.4. The van der Waals surface area contributed by atoms with Crippen LogP contribution in [0, 0.1) is 0 Å². The van der Waals surface area contributed by atoms with Crippen molar-refractivity contribution in [3.63, 3.8) is 0 Å². The number of Topliss-reactive ketones (excluding diaryl/α,β-unsaturated/α-hetero) is 3. The van der Waals surface area contributed by atoms with E-state index in [1.165, 1.54) is 18.5 Å². The SMILES string of the molecule is CC(=O)CCC(=O)c1c(O)c2c(CC(=O)CC(c3ccccc3)c3ccccc3)cccc2n(C)c1=O. The number of aromatic nitrogens is 1. The van der Waals surface area contributed by atoms with Crippen LogP contribution in [0.2, 0.25) is 0 Å². The van der Waals surface area contributed by atoms with Gasteiger partial charge in [0, 0.05) is 44.0 Å². The minimum atomic E-state index is -0.629. The smallest absolute Gasteiger partial charge is 0.265 e. The maximum atomic E-state index is 13.4. The molecular formula is C31H29NO5. The molecule has 3 aromatic carbocycles. The van der Waals surface area contributed by atoms with Gasteiger partial charge in [0.2, 0.25) is 0 Å². The Morgan fingerprint density at radius 2 is 1.43 bits per heavy atom. The molecule has 0 atom stereocenters. The summed E-state index contributed by atoms with van der Waals surface area (Å²) in [4.78, 5) is 50.5. The van der Waals surface area contributed by atoms with Gasteiger partial charge in [0.25, 0.3) is 5.56 Å². The predicted molar refractivity (Wildman–Crippen MR) is 143 cm³/mol. The molecule has 0 amide bonds. The first kappa shape index (κ1) is 25.8. The Morgan fingerprint density at radius 1 is 0.838 bits per heavy atom. The number of pyridine rings is 1. The van der Waals surface area contributed by atoms with Gasteiger partial charge in [-0.15, -0.1) is 0 Å². The van der Waals surface area contributed by atoms with Gasteiger partial charge in [-0.1, -0.05) is 72.8 Å². The van der Waals surface area contributed by atoms with E-state index < -0.39 is 17.1 Å². The van der Waals surface area contributed by atoms with E-state index in [1.807, 2.05) is 60.7 Å². The van der Waals surface area contributed by atoms with Crippen molar-refractivity contribution in [3.8, 4) is 5.75 Å². The molecule has 4 rings (SSSR count). The van der Waals surface area contributed by atoms with Crippen LogP contribution in [0.25, 0.3) is 10.9 Å². The summed E-state index contributed by atoms with van der Waals surface area (Å²) < 4.78 is 1.31. The fourth-order valence-electron chi connectivity index (χ4n) is 4.77. The van der Waals surface area contributed by atoms with Crippen LogP contribution in [0.3, 0.4) is 0 Å². The molecule has 0 aliphatic carbocycles. The number of carbonyl (C=O) groups excluding carboxylic acids is 3. The highest BCUT2D eigenvalue weighted by atomic mass is 16.3. The first-order chi connectivity index (χ1) is 17.8. The zero-order valence-electron chi connectivity index (χ0n) is 20.9. The Morgan fingerprint density at radius 3 is 2.00 bits per heavy atom. The number of fused-ring (bicyclic) bond motifs is 1. The van der Waals surface area contributed by atoms with Crippen LogP contribution in [-0.4, -0.2) is 27.0 Å². The molecule has 1 heterocycles. The minimum Gasteiger partial charge on any atom is -0.506 e. The number of hydrogen-bond acceptors (Lipinski definition) is 5. The number of benzene rings is 3. The van der Waals surface area contributed by atoms with Gasteiger partial charge in [-0.3, -0.25) is 14.4 Å². The average molecular weight is 496 g/mol. The Labute approximate surface area is 215 Å². The van der Waals surface area contributed by atoms with E-state index >= 15 is 0 Å². The van der Waals surface area contributed by atoms with Crippen molar-refractivity contribution in [1.29, 1.82) is 0 Å². The molecule has 4 aromatic rings.